The van der Waals surface area contributed by atoms with E-state index in [1.165, 1.54) is 6.07 Å². The number of carboxylic acids is 1. The van der Waals surface area contributed by atoms with E-state index in [0.29, 0.717) is 25.1 Å². The summed E-state index contributed by atoms with van der Waals surface area (Å²) >= 11 is 0. The Hall–Kier alpha value is -2.63. The predicted octanol–water partition coefficient (Wildman–Crippen LogP) is 1.63. The Kier molecular flexibility index (Phi) is 4.93. The van der Waals surface area contributed by atoms with Crippen LogP contribution in [0.3, 0.4) is 0 Å². The molecule has 0 radical (unpaired) electrons. The second kappa shape index (κ2) is 6.89. The van der Waals surface area contributed by atoms with Gasteiger partial charge in [-0.15, -0.1) is 0 Å². The van der Waals surface area contributed by atoms with Crippen LogP contribution in [-0.2, 0) is 17.6 Å². The third-order valence-corrected chi connectivity index (χ3v) is 3.42. The summed E-state index contributed by atoms with van der Waals surface area (Å²) < 4.78 is 0. The fourth-order valence-corrected chi connectivity index (χ4v) is 2.16. The zero-order valence-electron chi connectivity index (χ0n) is 12.6. The van der Waals surface area contributed by atoms with E-state index in [9.17, 15) is 9.59 Å². The fourth-order valence-electron chi connectivity index (χ4n) is 2.16. The number of nitrogens with zero attached hydrogens (tertiary/aromatic N) is 1. The van der Waals surface area contributed by atoms with Crippen molar-refractivity contribution in [1.29, 1.82) is 0 Å². The molecule has 0 unspecified atom stereocenters. The van der Waals surface area contributed by atoms with E-state index >= 15 is 0 Å². The highest BCUT2D eigenvalue weighted by Gasteiger charge is 2.09. The van der Waals surface area contributed by atoms with Gasteiger partial charge in [0, 0.05) is 18.7 Å². The maximum absolute atomic E-state index is 11.9. The number of nitrogens with one attached hydrogen (secondary N) is 2. The molecule has 0 fully saturated rings. The zero-order chi connectivity index (χ0) is 16.1. The van der Waals surface area contributed by atoms with Crippen molar-refractivity contribution in [3.05, 3.63) is 52.3 Å². The lowest BCUT2D eigenvalue weighted by molar-refractivity contribution is -0.120. The molecule has 0 aliphatic carbocycles. The second-order valence-corrected chi connectivity index (χ2v) is 5.29. The lowest BCUT2D eigenvalue weighted by atomic mass is 10.0. The molecule has 0 bridgehead atoms. The number of aromatic nitrogens is 2. The van der Waals surface area contributed by atoms with Crippen LogP contribution in [0.4, 0.5) is 0 Å². The number of hydrogen-bond acceptors (Lipinski definition) is 3. The number of carbonyl (C=O) groups is 2. The minimum Gasteiger partial charge on any atom is -0.476 e. The summed E-state index contributed by atoms with van der Waals surface area (Å²) in [7, 11) is 0. The van der Waals surface area contributed by atoms with E-state index < -0.39 is 5.97 Å². The van der Waals surface area contributed by atoms with E-state index in [2.05, 4.69) is 15.5 Å². The molecule has 6 nitrogen and oxygen atoms in total. The quantitative estimate of drug-likeness (QED) is 0.755. The molecular formula is C16H19N3O3. The van der Waals surface area contributed by atoms with Gasteiger partial charge in [-0.05, 0) is 31.0 Å². The van der Waals surface area contributed by atoms with E-state index in [1.807, 2.05) is 32.0 Å². The lowest BCUT2D eigenvalue weighted by Gasteiger charge is -2.08. The molecule has 0 aliphatic rings. The van der Waals surface area contributed by atoms with Gasteiger partial charge in [0.2, 0.25) is 5.91 Å². The molecule has 1 aromatic heterocycles. The normalized spacial score (nSPS) is 10.5. The molecule has 22 heavy (non-hydrogen) atoms. The van der Waals surface area contributed by atoms with E-state index in [1.54, 1.807) is 0 Å². The number of hydrogen-bond donors (Lipinski definition) is 3. The Labute approximate surface area is 128 Å². The summed E-state index contributed by atoms with van der Waals surface area (Å²) in [4.78, 5) is 22.7. The summed E-state index contributed by atoms with van der Waals surface area (Å²) in [6.45, 7) is 4.42. The van der Waals surface area contributed by atoms with Crippen molar-refractivity contribution in [3.63, 3.8) is 0 Å². The number of aryl methyl sites for hydroxylation is 2. The monoisotopic (exact) mass is 301 g/mol. The van der Waals surface area contributed by atoms with Gasteiger partial charge in [-0.1, -0.05) is 23.8 Å². The molecule has 0 atom stereocenters. The summed E-state index contributed by atoms with van der Waals surface area (Å²) in [5.41, 5.74) is 3.92. The molecule has 1 heterocycles. The molecule has 3 N–H and O–H groups in total. The number of rotatable bonds is 6. The van der Waals surface area contributed by atoms with Gasteiger partial charge < -0.3 is 10.4 Å². The first kappa shape index (κ1) is 15.8. The number of benzene rings is 1. The first-order chi connectivity index (χ1) is 10.5. The maximum atomic E-state index is 11.9. The van der Waals surface area contributed by atoms with Gasteiger partial charge in [-0.2, -0.15) is 5.10 Å². The van der Waals surface area contributed by atoms with Crippen molar-refractivity contribution in [2.45, 2.75) is 26.7 Å². The van der Waals surface area contributed by atoms with Crippen LogP contribution in [0.15, 0.2) is 24.3 Å². The lowest BCUT2D eigenvalue weighted by Crippen LogP contribution is -2.27. The van der Waals surface area contributed by atoms with Gasteiger partial charge in [-0.25, -0.2) is 4.79 Å². The van der Waals surface area contributed by atoms with Crippen molar-refractivity contribution < 1.29 is 14.7 Å². The van der Waals surface area contributed by atoms with Crippen LogP contribution in [0, 0.1) is 13.8 Å². The number of aromatic carboxylic acids is 1. The molecule has 0 spiro atoms. The molecule has 2 aromatic rings. The van der Waals surface area contributed by atoms with E-state index in [4.69, 9.17) is 5.11 Å². The number of carboxylic acid groups (broad SMARTS) is 1. The van der Waals surface area contributed by atoms with Crippen molar-refractivity contribution in [2.75, 3.05) is 6.54 Å². The first-order valence-electron chi connectivity index (χ1n) is 7.06. The van der Waals surface area contributed by atoms with Crippen LogP contribution < -0.4 is 5.32 Å². The van der Waals surface area contributed by atoms with Crippen LogP contribution in [0.5, 0.6) is 0 Å². The molecule has 0 saturated carbocycles. The van der Waals surface area contributed by atoms with Crippen LogP contribution in [0.2, 0.25) is 0 Å². The first-order valence-corrected chi connectivity index (χ1v) is 7.06. The maximum Gasteiger partial charge on any atom is 0.356 e. The van der Waals surface area contributed by atoms with Gasteiger partial charge in [0.25, 0.3) is 0 Å². The Morgan fingerprint density at radius 2 is 2.05 bits per heavy atom. The Balaban J connectivity index is 1.82. The highest BCUT2D eigenvalue weighted by Crippen LogP contribution is 2.11. The summed E-state index contributed by atoms with van der Waals surface area (Å²) in [6.07, 6.45) is 0.857. The summed E-state index contributed by atoms with van der Waals surface area (Å²) in [5, 5.41) is 17.9. The second-order valence-electron chi connectivity index (χ2n) is 5.29. The summed E-state index contributed by atoms with van der Waals surface area (Å²) in [6, 6.07) is 7.52. The number of carbonyl (C=O) groups excluding carboxylic acids is 1. The van der Waals surface area contributed by atoms with Crippen LogP contribution in [-0.4, -0.2) is 33.7 Å². The van der Waals surface area contributed by atoms with Crippen molar-refractivity contribution in [3.8, 4) is 0 Å². The number of aromatic amines is 1. The highest BCUT2D eigenvalue weighted by atomic mass is 16.4. The van der Waals surface area contributed by atoms with Gasteiger partial charge in [0.15, 0.2) is 5.69 Å². The molecule has 0 aliphatic heterocycles. The average molecular weight is 301 g/mol. The molecule has 1 aromatic carbocycles. The number of H-pyrrole nitrogens is 1. The molecule has 116 valence electrons. The Bertz CT molecular complexity index is 692. The molecular weight excluding hydrogens is 282 g/mol. The van der Waals surface area contributed by atoms with Crippen LogP contribution >= 0.6 is 0 Å². The minimum atomic E-state index is -1.07. The zero-order valence-corrected chi connectivity index (χ0v) is 12.6. The third kappa shape index (κ3) is 4.18. The predicted molar refractivity (Wildman–Crippen MR) is 81.9 cm³/mol. The van der Waals surface area contributed by atoms with Crippen LogP contribution in [0.25, 0.3) is 0 Å². The summed E-state index contributed by atoms with van der Waals surface area (Å²) in [5.74, 6) is -1.12. The van der Waals surface area contributed by atoms with Gasteiger partial charge in [-0.3, -0.25) is 9.89 Å². The Morgan fingerprint density at radius 3 is 2.73 bits per heavy atom. The van der Waals surface area contributed by atoms with E-state index in [0.717, 1.165) is 16.7 Å². The van der Waals surface area contributed by atoms with Crippen molar-refractivity contribution in [2.24, 2.45) is 0 Å². The van der Waals surface area contributed by atoms with Gasteiger partial charge in [0.1, 0.15) is 0 Å². The molecule has 2 rings (SSSR count). The standard InChI is InChI=1S/C16H19N3O3/c1-10-3-4-11(2)12(7-10)8-15(20)17-6-5-13-9-14(16(21)22)19-18-13/h3-4,7,9H,5-6,8H2,1-2H3,(H,17,20)(H,18,19)(H,21,22). The van der Waals surface area contributed by atoms with Crippen molar-refractivity contribution in [1.82, 2.24) is 15.5 Å². The van der Waals surface area contributed by atoms with Gasteiger partial charge in [0.05, 0.1) is 6.42 Å². The Morgan fingerprint density at radius 1 is 1.27 bits per heavy atom. The third-order valence-electron chi connectivity index (χ3n) is 3.42. The smallest absolute Gasteiger partial charge is 0.356 e. The van der Waals surface area contributed by atoms with Gasteiger partial charge >= 0.3 is 5.97 Å². The van der Waals surface area contributed by atoms with E-state index in [-0.39, 0.29) is 11.6 Å². The largest absolute Gasteiger partial charge is 0.476 e. The highest BCUT2D eigenvalue weighted by molar-refractivity contribution is 5.85. The minimum absolute atomic E-state index is 0.0169. The molecule has 0 saturated heterocycles. The van der Waals surface area contributed by atoms with Crippen molar-refractivity contribution >= 4 is 11.9 Å². The topological polar surface area (TPSA) is 95.1 Å². The average Bonchev–Trinajstić information content (AvgIpc) is 2.92. The number of amides is 1. The fraction of sp³-hybridized carbons (Fsp3) is 0.312. The SMILES string of the molecule is Cc1ccc(C)c(CC(=O)NCCc2cc(C(=O)O)n[nH]2)c1. The molecule has 6 heteroatoms. The van der Waals surface area contributed by atoms with Crippen LogP contribution in [0.1, 0.15) is 32.9 Å². The molecule has 1 amide bonds.